The highest BCUT2D eigenvalue weighted by Gasteiger charge is 2.13. The van der Waals surface area contributed by atoms with E-state index in [2.05, 4.69) is 25.7 Å². The molecule has 0 heterocycles. The standard InChI is InChI=1S/C13H18O2.C8H19NO.C7H8O/c1-9(2)8-11-4-6-12(7-5-11)10(3)13(14)15;1-5-8(10)7(2)6-9(3)4;1-8-7-5-3-2-4-6-7/h4-7,9-10H,8H2,1-3H3,(H,14,15);7-8,10H,5-6H2,1-4H3;2-6H,1H3/t10-;7-,8?;/m11./s1. The summed E-state index contributed by atoms with van der Waals surface area (Å²) in [7, 11) is 5.72. The number of aliphatic hydroxyl groups is 1. The van der Waals surface area contributed by atoms with Crippen molar-refractivity contribution in [3.05, 3.63) is 65.7 Å². The summed E-state index contributed by atoms with van der Waals surface area (Å²) in [5.74, 6) is 0.741. The lowest BCUT2D eigenvalue weighted by Crippen LogP contribution is -2.28. The molecule has 0 amide bonds. The summed E-state index contributed by atoms with van der Waals surface area (Å²) in [5, 5.41) is 18.2. The molecule has 2 aromatic carbocycles. The van der Waals surface area contributed by atoms with E-state index in [1.54, 1.807) is 14.0 Å². The van der Waals surface area contributed by atoms with Crippen molar-refractivity contribution >= 4 is 5.97 Å². The Morgan fingerprint density at radius 3 is 1.88 bits per heavy atom. The monoisotopic (exact) mass is 459 g/mol. The highest BCUT2D eigenvalue weighted by molar-refractivity contribution is 5.75. The summed E-state index contributed by atoms with van der Waals surface area (Å²) in [6.07, 6.45) is 1.76. The minimum absolute atomic E-state index is 0.137. The first-order chi connectivity index (χ1) is 15.5. The minimum atomic E-state index is -0.772. The molecule has 0 bridgehead atoms. The summed E-state index contributed by atoms with van der Waals surface area (Å²) in [6.45, 7) is 11.1. The first-order valence-corrected chi connectivity index (χ1v) is 11.7. The van der Waals surface area contributed by atoms with Crippen LogP contribution in [0.4, 0.5) is 0 Å². The number of carboxylic acid groups (broad SMARTS) is 1. The molecule has 0 aromatic heterocycles. The molecule has 33 heavy (non-hydrogen) atoms. The fraction of sp³-hybridized carbons (Fsp3) is 0.536. The highest BCUT2D eigenvalue weighted by atomic mass is 16.5. The maximum atomic E-state index is 10.8. The van der Waals surface area contributed by atoms with Crippen LogP contribution in [0, 0.1) is 11.8 Å². The van der Waals surface area contributed by atoms with E-state index in [9.17, 15) is 9.90 Å². The lowest BCUT2D eigenvalue weighted by molar-refractivity contribution is -0.138. The maximum absolute atomic E-state index is 10.8. The first-order valence-electron chi connectivity index (χ1n) is 11.7. The summed E-state index contributed by atoms with van der Waals surface area (Å²) in [4.78, 5) is 12.9. The van der Waals surface area contributed by atoms with Gasteiger partial charge in [0, 0.05) is 6.54 Å². The molecule has 0 aliphatic heterocycles. The third kappa shape index (κ3) is 14.4. The number of hydrogen-bond acceptors (Lipinski definition) is 4. The zero-order chi connectivity index (χ0) is 25.4. The molecule has 2 aromatic rings. The van der Waals surface area contributed by atoms with E-state index in [1.807, 2.05) is 75.6 Å². The fourth-order valence-corrected chi connectivity index (χ4v) is 3.21. The third-order valence-electron chi connectivity index (χ3n) is 5.20. The second kappa shape index (κ2) is 17.2. The normalized spacial score (nSPS) is 13.2. The molecule has 0 spiro atoms. The van der Waals surface area contributed by atoms with Gasteiger partial charge in [-0.25, -0.2) is 0 Å². The van der Waals surface area contributed by atoms with Gasteiger partial charge in [0.1, 0.15) is 5.75 Å². The van der Waals surface area contributed by atoms with Gasteiger partial charge in [0.15, 0.2) is 0 Å². The van der Waals surface area contributed by atoms with Gasteiger partial charge >= 0.3 is 5.97 Å². The molecule has 5 nitrogen and oxygen atoms in total. The highest BCUT2D eigenvalue weighted by Crippen LogP contribution is 2.17. The van der Waals surface area contributed by atoms with Crippen molar-refractivity contribution in [2.75, 3.05) is 27.7 Å². The van der Waals surface area contributed by atoms with Crippen molar-refractivity contribution in [2.45, 2.75) is 59.5 Å². The van der Waals surface area contributed by atoms with E-state index in [0.29, 0.717) is 11.8 Å². The van der Waals surface area contributed by atoms with Gasteiger partial charge in [-0.1, -0.05) is 70.2 Å². The number of carboxylic acids is 1. The molecule has 0 radical (unpaired) electrons. The van der Waals surface area contributed by atoms with Crippen molar-refractivity contribution < 1.29 is 19.7 Å². The first kappa shape index (κ1) is 30.6. The summed E-state index contributed by atoms with van der Waals surface area (Å²) >= 11 is 0. The number of methoxy groups -OCH3 is 1. The zero-order valence-electron chi connectivity index (χ0n) is 21.8. The Bertz CT molecular complexity index is 744. The largest absolute Gasteiger partial charge is 0.497 e. The molecule has 3 atom stereocenters. The molecule has 5 heteroatoms. The molecule has 2 N–H and O–H groups in total. The predicted molar refractivity (Wildman–Crippen MR) is 138 cm³/mol. The molecule has 0 saturated heterocycles. The van der Waals surface area contributed by atoms with Crippen molar-refractivity contribution in [2.24, 2.45) is 11.8 Å². The average molecular weight is 460 g/mol. The maximum Gasteiger partial charge on any atom is 0.310 e. The lowest BCUT2D eigenvalue weighted by Gasteiger charge is -2.20. The van der Waals surface area contributed by atoms with Crippen LogP contribution < -0.4 is 4.74 Å². The number of hydrogen-bond donors (Lipinski definition) is 2. The van der Waals surface area contributed by atoms with E-state index >= 15 is 0 Å². The lowest BCUT2D eigenvalue weighted by atomic mass is 9.97. The Labute approximate surface area is 201 Å². The Morgan fingerprint density at radius 1 is 0.970 bits per heavy atom. The van der Waals surface area contributed by atoms with E-state index in [4.69, 9.17) is 9.84 Å². The van der Waals surface area contributed by atoms with Gasteiger partial charge in [0.2, 0.25) is 0 Å². The van der Waals surface area contributed by atoms with Crippen molar-refractivity contribution in [3.8, 4) is 5.75 Å². The second-order valence-electron chi connectivity index (χ2n) is 9.13. The molecule has 1 unspecified atom stereocenters. The van der Waals surface area contributed by atoms with Crippen LogP contribution in [0.25, 0.3) is 0 Å². The van der Waals surface area contributed by atoms with Gasteiger partial charge in [0.05, 0.1) is 19.1 Å². The third-order valence-corrected chi connectivity index (χ3v) is 5.20. The summed E-state index contributed by atoms with van der Waals surface area (Å²) in [5.41, 5.74) is 2.14. The van der Waals surface area contributed by atoms with E-state index in [-0.39, 0.29) is 6.10 Å². The van der Waals surface area contributed by atoms with E-state index < -0.39 is 11.9 Å². The van der Waals surface area contributed by atoms with Crippen molar-refractivity contribution in [1.82, 2.24) is 4.90 Å². The van der Waals surface area contributed by atoms with Crippen molar-refractivity contribution in [3.63, 3.8) is 0 Å². The molecule has 2 rings (SSSR count). The molecule has 0 aliphatic rings. The second-order valence-corrected chi connectivity index (χ2v) is 9.13. The zero-order valence-corrected chi connectivity index (χ0v) is 21.8. The van der Waals surface area contributed by atoms with Gasteiger partial charge in [-0.2, -0.15) is 0 Å². The number of carbonyl (C=O) groups is 1. The Hall–Kier alpha value is -2.37. The number of nitrogens with zero attached hydrogens (tertiary/aromatic N) is 1. The smallest absolute Gasteiger partial charge is 0.310 e. The van der Waals surface area contributed by atoms with Crippen LogP contribution in [0.15, 0.2) is 54.6 Å². The van der Waals surface area contributed by atoms with Crippen LogP contribution in [0.5, 0.6) is 5.75 Å². The van der Waals surface area contributed by atoms with Crippen LogP contribution in [0.2, 0.25) is 0 Å². The van der Waals surface area contributed by atoms with Gasteiger partial charge in [0.25, 0.3) is 0 Å². The van der Waals surface area contributed by atoms with Crippen LogP contribution >= 0.6 is 0 Å². The number of rotatable bonds is 9. The van der Waals surface area contributed by atoms with Crippen LogP contribution in [0.3, 0.4) is 0 Å². The van der Waals surface area contributed by atoms with Gasteiger partial charge in [-0.3, -0.25) is 4.79 Å². The quantitative estimate of drug-likeness (QED) is 0.502. The van der Waals surface area contributed by atoms with Gasteiger partial charge in [-0.05, 0) is 69.0 Å². The molecule has 0 aliphatic carbocycles. The Balaban J connectivity index is 0.000000494. The number of aliphatic hydroxyl groups excluding tert-OH is 1. The van der Waals surface area contributed by atoms with Gasteiger partial charge < -0.3 is 19.8 Å². The number of benzene rings is 2. The molecule has 186 valence electrons. The summed E-state index contributed by atoms with van der Waals surface area (Å²) < 4.78 is 4.91. The predicted octanol–water partition coefficient (Wildman–Crippen LogP) is 5.72. The average Bonchev–Trinajstić information content (AvgIpc) is 2.79. The van der Waals surface area contributed by atoms with E-state index in [0.717, 1.165) is 30.7 Å². The van der Waals surface area contributed by atoms with Gasteiger partial charge in [-0.15, -0.1) is 0 Å². The Morgan fingerprint density at radius 2 is 1.52 bits per heavy atom. The Kier molecular flexibility index (Phi) is 15.9. The molecule has 0 fully saturated rings. The molecular formula is C28H45NO4. The minimum Gasteiger partial charge on any atom is -0.497 e. The number of para-hydroxylation sites is 1. The van der Waals surface area contributed by atoms with Crippen molar-refractivity contribution in [1.29, 1.82) is 0 Å². The van der Waals surface area contributed by atoms with Crippen LogP contribution in [0.1, 0.15) is 58.1 Å². The van der Waals surface area contributed by atoms with Crippen LogP contribution in [-0.2, 0) is 11.2 Å². The number of ether oxygens (including phenoxy) is 1. The molecular weight excluding hydrogens is 414 g/mol. The number of aliphatic carboxylic acids is 1. The summed E-state index contributed by atoms with van der Waals surface area (Å²) in [6, 6.07) is 17.6. The van der Waals surface area contributed by atoms with Crippen LogP contribution in [-0.4, -0.2) is 54.9 Å². The van der Waals surface area contributed by atoms with E-state index in [1.165, 1.54) is 5.56 Å². The SMILES string of the molecule is CC(C)Cc1ccc([C@@H](C)C(=O)O)cc1.CCC(O)[C@H](C)CN(C)C.COc1ccccc1. The molecule has 0 saturated carbocycles. The topological polar surface area (TPSA) is 70.0 Å². The fourth-order valence-electron chi connectivity index (χ4n) is 3.21.